The van der Waals surface area contributed by atoms with Gasteiger partial charge in [-0.15, -0.1) is 0 Å². The number of benzene rings is 1. The predicted molar refractivity (Wildman–Crippen MR) is 63.1 cm³/mol. The largest absolute Gasteiger partial charge is 0.493 e. The molecule has 1 saturated heterocycles. The van der Waals surface area contributed by atoms with Crippen LogP contribution in [0.2, 0.25) is 0 Å². The van der Waals surface area contributed by atoms with Gasteiger partial charge in [-0.2, -0.15) is 0 Å². The Morgan fingerprint density at radius 2 is 1.65 bits per heavy atom. The minimum absolute atomic E-state index is 0.110. The van der Waals surface area contributed by atoms with E-state index in [-0.39, 0.29) is 5.91 Å². The van der Waals surface area contributed by atoms with Crippen LogP contribution in [-0.4, -0.2) is 33.8 Å². The lowest BCUT2D eigenvalue weighted by molar-refractivity contribution is -0.122. The van der Waals surface area contributed by atoms with Crippen LogP contribution in [0.4, 0.5) is 5.69 Å². The molecule has 0 saturated carbocycles. The van der Waals surface area contributed by atoms with Crippen molar-refractivity contribution in [2.45, 2.75) is 6.42 Å². The summed E-state index contributed by atoms with van der Waals surface area (Å²) in [5.41, 5.74) is 0.774. The monoisotopic (exact) mass is 237 g/mol. The minimum atomic E-state index is 0.110. The first-order chi connectivity index (χ1) is 8.21. The molecule has 1 heterocycles. The van der Waals surface area contributed by atoms with Crippen LogP contribution in [0.3, 0.4) is 0 Å². The van der Waals surface area contributed by atoms with Crippen molar-refractivity contribution in [2.75, 3.05) is 32.8 Å². The fourth-order valence-corrected chi connectivity index (χ4v) is 1.81. The van der Waals surface area contributed by atoms with E-state index in [9.17, 15) is 4.79 Å². The van der Waals surface area contributed by atoms with E-state index in [0.717, 1.165) is 12.2 Å². The zero-order valence-corrected chi connectivity index (χ0v) is 10.1. The Morgan fingerprint density at radius 1 is 1.06 bits per heavy atom. The third kappa shape index (κ3) is 1.88. The summed E-state index contributed by atoms with van der Waals surface area (Å²) < 4.78 is 15.7. The van der Waals surface area contributed by atoms with Crippen molar-refractivity contribution in [3.63, 3.8) is 0 Å². The van der Waals surface area contributed by atoms with Crippen LogP contribution in [0.25, 0.3) is 0 Å². The second kappa shape index (κ2) is 4.53. The first-order valence-corrected chi connectivity index (χ1v) is 5.31. The Kier molecular flexibility index (Phi) is 3.08. The summed E-state index contributed by atoms with van der Waals surface area (Å²) in [7, 11) is 4.66. The fourth-order valence-electron chi connectivity index (χ4n) is 1.81. The second-order valence-corrected chi connectivity index (χ2v) is 3.68. The molecule has 0 radical (unpaired) electrons. The summed E-state index contributed by atoms with van der Waals surface area (Å²) in [6.07, 6.45) is 0.594. The maximum atomic E-state index is 11.4. The maximum absolute atomic E-state index is 11.4. The molecule has 2 rings (SSSR count). The number of carbonyl (C=O) groups excluding carboxylic acids is 1. The summed E-state index contributed by atoms with van der Waals surface area (Å²) in [5.74, 6) is 1.76. The van der Waals surface area contributed by atoms with E-state index in [4.69, 9.17) is 14.2 Å². The molecule has 1 amide bonds. The maximum Gasteiger partial charge on any atom is 0.228 e. The third-order valence-electron chi connectivity index (χ3n) is 2.81. The number of rotatable bonds is 4. The van der Waals surface area contributed by atoms with Gasteiger partial charge >= 0.3 is 0 Å². The average Bonchev–Trinajstić information content (AvgIpc) is 2.35. The second-order valence-electron chi connectivity index (χ2n) is 3.68. The van der Waals surface area contributed by atoms with Gasteiger partial charge in [-0.05, 0) is 0 Å². The van der Waals surface area contributed by atoms with E-state index in [0.29, 0.717) is 23.7 Å². The molecule has 1 aromatic carbocycles. The van der Waals surface area contributed by atoms with Gasteiger partial charge in [0.15, 0.2) is 11.5 Å². The van der Waals surface area contributed by atoms with E-state index in [1.54, 1.807) is 38.4 Å². The number of β-lactam (4-membered cyclic amide) rings is 1. The van der Waals surface area contributed by atoms with Crippen LogP contribution < -0.4 is 19.1 Å². The topological polar surface area (TPSA) is 48.0 Å². The van der Waals surface area contributed by atoms with Gasteiger partial charge in [-0.1, -0.05) is 0 Å². The van der Waals surface area contributed by atoms with Crippen molar-refractivity contribution >= 4 is 11.6 Å². The number of hydrogen-bond acceptors (Lipinski definition) is 4. The molecule has 5 nitrogen and oxygen atoms in total. The lowest BCUT2D eigenvalue weighted by Gasteiger charge is -2.31. The Bertz CT molecular complexity index is 419. The zero-order valence-electron chi connectivity index (χ0n) is 10.1. The number of nitrogens with zero attached hydrogens (tertiary/aromatic N) is 1. The van der Waals surface area contributed by atoms with Crippen LogP contribution in [0.5, 0.6) is 17.2 Å². The molecule has 5 heteroatoms. The minimum Gasteiger partial charge on any atom is -0.493 e. The molecule has 1 aliphatic rings. The van der Waals surface area contributed by atoms with Crippen LogP contribution >= 0.6 is 0 Å². The van der Waals surface area contributed by atoms with Crippen LogP contribution in [0.15, 0.2) is 12.1 Å². The quantitative estimate of drug-likeness (QED) is 0.744. The molecular formula is C12H15NO4. The molecule has 0 spiro atoms. The van der Waals surface area contributed by atoms with Gasteiger partial charge in [0.2, 0.25) is 11.7 Å². The van der Waals surface area contributed by atoms with Crippen molar-refractivity contribution in [3.05, 3.63) is 12.1 Å². The molecule has 1 aliphatic heterocycles. The third-order valence-corrected chi connectivity index (χ3v) is 2.81. The molecule has 0 atom stereocenters. The van der Waals surface area contributed by atoms with Crippen molar-refractivity contribution in [3.8, 4) is 17.2 Å². The number of amides is 1. The summed E-state index contributed by atoms with van der Waals surface area (Å²) in [6, 6.07) is 3.55. The van der Waals surface area contributed by atoms with Gasteiger partial charge in [0.05, 0.1) is 27.0 Å². The van der Waals surface area contributed by atoms with E-state index in [1.807, 2.05) is 0 Å². The highest BCUT2D eigenvalue weighted by Gasteiger charge is 2.27. The first-order valence-electron chi connectivity index (χ1n) is 5.31. The average molecular weight is 237 g/mol. The number of methoxy groups -OCH3 is 3. The summed E-state index contributed by atoms with van der Waals surface area (Å²) in [5, 5.41) is 0. The summed E-state index contributed by atoms with van der Waals surface area (Å²) in [6.45, 7) is 0.734. The molecular weight excluding hydrogens is 222 g/mol. The molecule has 0 aromatic heterocycles. The van der Waals surface area contributed by atoms with Gasteiger partial charge in [0.1, 0.15) is 0 Å². The van der Waals surface area contributed by atoms with Gasteiger partial charge < -0.3 is 19.1 Å². The Morgan fingerprint density at radius 3 is 1.94 bits per heavy atom. The smallest absolute Gasteiger partial charge is 0.228 e. The van der Waals surface area contributed by atoms with Crippen molar-refractivity contribution in [2.24, 2.45) is 0 Å². The van der Waals surface area contributed by atoms with Gasteiger partial charge in [0, 0.05) is 25.1 Å². The van der Waals surface area contributed by atoms with Crippen molar-refractivity contribution in [1.29, 1.82) is 0 Å². The Labute approximate surface area is 99.9 Å². The molecule has 1 fully saturated rings. The molecule has 17 heavy (non-hydrogen) atoms. The molecule has 1 aromatic rings. The molecule has 92 valence electrons. The zero-order chi connectivity index (χ0) is 12.4. The Balaban J connectivity index is 2.44. The van der Waals surface area contributed by atoms with E-state index >= 15 is 0 Å². The number of carbonyl (C=O) groups is 1. The standard InChI is InChI=1S/C12H15NO4/c1-15-9-6-8(13-5-4-11(13)14)7-10(16-2)12(9)17-3/h6-7H,4-5H2,1-3H3. The lowest BCUT2D eigenvalue weighted by atomic mass is 10.1. The highest BCUT2D eigenvalue weighted by molar-refractivity contribution is 5.99. The fraction of sp³-hybridized carbons (Fsp3) is 0.417. The van der Waals surface area contributed by atoms with Gasteiger partial charge in [0.25, 0.3) is 0 Å². The lowest BCUT2D eigenvalue weighted by Crippen LogP contribution is -2.43. The number of anilines is 1. The number of ether oxygens (including phenoxy) is 3. The molecule has 0 N–H and O–H groups in total. The van der Waals surface area contributed by atoms with E-state index in [1.165, 1.54) is 0 Å². The molecule has 0 bridgehead atoms. The van der Waals surface area contributed by atoms with Gasteiger partial charge in [-0.3, -0.25) is 4.79 Å². The summed E-state index contributed by atoms with van der Waals surface area (Å²) in [4.78, 5) is 13.1. The number of hydrogen-bond donors (Lipinski definition) is 0. The van der Waals surface area contributed by atoms with Crippen molar-refractivity contribution < 1.29 is 19.0 Å². The highest BCUT2D eigenvalue weighted by Crippen LogP contribution is 2.41. The van der Waals surface area contributed by atoms with Crippen LogP contribution in [0.1, 0.15) is 6.42 Å². The van der Waals surface area contributed by atoms with Crippen molar-refractivity contribution in [1.82, 2.24) is 0 Å². The molecule has 0 unspecified atom stereocenters. The summed E-state index contributed by atoms with van der Waals surface area (Å²) >= 11 is 0. The van der Waals surface area contributed by atoms with Crippen LogP contribution in [-0.2, 0) is 4.79 Å². The highest BCUT2D eigenvalue weighted by atomic mass is 16.5. The molecule has 0 aliphatic carbocycles. The van der Waals surface area contributed by atoms with E-state index < -0.39 is 0 Å². The van der Waals surface area contributed by atoms with Crippen LogP contribution in [0, 0.1) is 0 Å². The SMILES string of the molecule is COc1cc(N2CCC2=O)cc(OC)c1OC. The Hall–Kier alpha value is -1.91. The van der Waals surface area contributed by atoms with E-state index in [2.05, 4.69) is 0 Å². The normalized spacial score (nSPS) is 14.3. The predicted octanol–water partition coefficient (Wildman–Crippen LogP) is 1.45. The van der Waals surface area contributed by atoms with Gasteiger partial charge in [-0.25, -0.2) is 0 Å². The first kappa shape index (κ1) is 11.6.